The summed E-state index contributed by atoms with van der Waals surface area (Å²) in [7, 11) is 3.12. The van der Waals surface area contributed by atoms with Crippen molar-refractivity contribution in [2.24, 2.45) is 0 Å². The number of carbonyl (C=O) groups excluding carboxylic acids is 1. The van der Waals surface area contributed by atoms with Crippen LogP contribution < -0.4 is 9.47 Å². The molecule has 0 amide bonds. The number of benzene rings is 2. The van der Waals surface area contributed by atoms with Crippen molar-refractivity contribution >= 4 is 44.3 Å². The molecule has 0 aliphatic heterocycles. The molecule has 0 atom stereocenters. The molecule has 0 fully saturated rings. The Hall–Kier alpha value is -1.08. The van der Waals surface area contributed by atoms with Gasteiger partial charge in [0, 0.05) is 19.7 Å². The fourth-order valence-electron chi connectivity index (χ4n) is 1.80. The number of hydrogen-bond acceptors (Lipinski definition) is 3. The van der Waals surface area contributed by atoms with Crippen LogP contribution in [-0.2, 0) is 0 Å². The van der Waals surface area contributed by atoms with Gasteiger partial charge in [0.2, 0.25) is 0 Å². The van der Waals surface area contributed by atoms with E-state index in [1.54, 1.807) is 25.3 Å². The molecule has 0 N–H and O–H groups in total. The third-order valence-corrected chi connectivity index (χ3v) is 4.26. The van der Waals surface area contributed by atoms with Gasteiger partial charge in [-0.15, -0.1) is 0 Å². The second kappa shape index (κ2) is 6.58. The molecule has 2 aromatic rings. The maximum atomic E-state index is 12.7. The molecule has 0 bridgehead atoms. The van der Waals surface area contributed by atoms with Gasteiger partial charge in [0.05, 0.1) is 19.8 Å². The van der Waals surface area contributed by atoms with Crippen molar-refractivity contribution in [1.29, 1.82) is 0 Å². The molecular weight excluding hydrogens is 435 g/mol. The standard InChI is InChI=1S/C15H12BrIO3/c1-19-10-4-5-11(14(8-10)20-2)15(18)12-7-9(16)3-6-13(12)17/h3-8H,1-2H3. The number of rotatable bonds is 4. The Labute approximate surface area is 139 Å². The van der Waals surface area contributed by atoms with E-state index >= 15 is 0 Å². The van der Waals surface area contributed by atoms with Crippen LogP contribution in [0.2, 0.25) is 0 Å². The first-order chi connectivity index (χ1) is 9.56. The van der Waals surface area contributed by atoms with Crippen LogP contribution in [0.25, 0.3) is 0 Å². The van der Waals surface area contributed by atoms with Crippen LogP contribution in [0.4, 0.5) is 0 Å². The number of carbonyl (C=O) groups is 1. The van der Waals surface area contributed by atoms with Gasteiger partial charge in [0.25, 0.3) is 0 Å². The Morgan fingerprint density at radius 2 is 1.80 bits per heavy atom. The zero-order valence-electron chi connectivity index (χ0n) is 10.9. The highest BCUT2D eigenvalue weighted by Gasteiger charge is 2.18. The summed E-state index contributed by atoms with van der Waals surface area (Å²) in [5.74, 6) is 1.09. The fraction of sp³-hybridized carbons (Fsp3) is 0.133. The number of ketones is 1. The van der Waals surface area contributed by atoms with E-state index in [-0.39, 0.29) is 5.78 Å². The lowest BCUT2D eigenvalue weighted by molar-refractivity contribution is 0.103. The Morgan fingerprint density at radius 3 is 2.45 bits per heavy atom. The second-order valence-corrected chi connectivity index (χ2v) is 6.10. The first kappa shape index (κ1) is 15.3. The van der Waals surface area contributed by atoms with Gasteiger partial charge in [-0.1, -0.05) is 15.9 Å². The van der Waals surface area contributed by atoms with Gasteiger partial charge in [0.1, 0.15) is 11.5 Å². The molecule has 0 spiro atoms. The summed E-state index contributed by atoms with van der Waals surface area (Å²) in [6, 6.07) is 10.8. The van der Waals surface area contributed by atoms with Crippen LogP contribution in [0, 0.1) is 3.57 Å². The maximum absolute atomic E-state index is 12.7. The Balaban J connectivity index is 2.50. The van der Waals surface area contributed by atoms with Crippen LogP contribution in [0.5, 0.6) is 11.5 Å². The molecule has 0 aromatic heterocycles. The first-order valence-corrected chi connectivity index (χ1v) is 7.65. The third-order valence-electron chi connectivity index (χ3n) is 2.83. The van der Waals surface area contributed by atoms with Crippen molar-refractivity contribution in [3.8, 4) is 11.5 Å². The van der Waals surface area contributed by atoms with Crippen molar-refractivity contribution in [3.05, 3.63) is 55.6 Å². The molecule has 0 radical (unpaired) electrons. The molecule has 0 saturated heterocycles. The van der Waals surface area contributed by atoms with Crippen LogP contribution in [0.15, 0.2) is 40.9 Å². The Kier molecular flexibility index (Phi) is 5.04. The lowest BCUT2D eigenvalue weighted by Crippen LogP contribution is -2.06. The summed E-state index contributed by atoms with van der Waals surface area (Å²) in [4.78, 5) is 12.7. The lowest BCUT2D eigenvalue weighted by atomic mass is 10.0. The molecular formula is C15H12BrIO3. The van der Waals surface area contributed by atoms with Crippen molar-refractivity contribution in [2.75, 3.05) is 14.2 Å². The van der Waals surface area contributed by atoms with E-state index in [0.717, 1.165) is 8.04 Å². The van der Waals surface area contributed by atoms with Crippen LogP contribution in [0.3, 0.4) is 0 Å². The van der Waals surface area contributed by atoms with Crippen LogP contribution >= 0.6 is 38.5 Å². The van der Waals surface area contributed by atoms with Crippen molar-refractivity contribution in [2.45, 2.75) is 0 Å². The summed E-state index contributed by atoms with van der Waals surface area (Å²) < 4.78 is 12.2. The molecule has 104 valence electrons. The smallest absolute Gasteiger partial charge is 0.197 e. The molecule has 0 aliphatic carbocycles. The topological polar surface area (TPSA) is 35.5 Å². The van der Waals surface area contributed by atoms with Gasteiger partial charge in [-0.3, -0.25) is 4.79 Å². The van der Waals surface area contributed by atoms with E-state index in [2.05, 4.69) is 38.5 Å². The third kappa shape index (κ3) is 3.15. The van der Waals surface area contributed by atoms with E-state index in [4.69, 9.17) is 9.47 Å². The fourth-order valence-corrected chi connectivity index (χ4v) is 2.74. The second-order valence-electron chi connectivity index (χ2n) is 4.02. The van der Waals surface area contributed by atoms with Gasteiger partial charge in [-0.25, -0.2) is 0 Å². The quantitative estimate of drug-likeness (QED) is 0.518. The molecule has 20 heavy (non-hydrogen) atoms. The van der Waals surface area contributed by atoms with E-state index in [1.165, 1.54) is 7.11 Å². The summed E-state index contributed by atoms with van der Waals surface area (Å²) in [6.45, 7) is 0. The van der Waals surface area contributed by atoms with Gasteiger partial charge in [-0.05, 0) is 52.9 Å². The monoisotopic (exact) mass is 446 g/mol. The lowest BCUT2D eigenvalue weighted by Gasteiger charge is -2.10. The minimum atomic E-state index is -0.0739. The van der Waals surface area contributed by atoms with Crippen LogP contribution in [0.1, 0.15) is 15.9 Å². The van der Waals surface area contributed by atoms with Gasteiger partial charge >= 0.3 is 0 Å². The van der Waals surface area contributed by atoms with E-state index in [9.17, 15) is 4.79 Å². The van der Waals surface area contributed by atoms with Crippen molar-refractivity contribution < 1.29 is 14.3 Å². The molecule has 0 aliphatic rings. The molecule has 0 unspecified atom stereocenters. The SMILES string of the molecule is COc1ccc(C(=O)c2cc(Br)ccc2I)c(OC)c1. The Morgan fingerprint density at radius 1 is 1.05 bits per heavy atom. The molecule has 2 rings (SSSR count). The zero-order chi connectivity index (χ0) is 14.7. The average molecular weight is 447 g/mol. The summed E-state index contributed by atoms with van der Waals surface area (Å²) in [5, 5.41) is 0. The molecule has 5 heteroatoms. The molecule has 2 aromatic carbocycles. The zero-order valence-corrected chi connectivity index (χ0v) is 14.7. The first-order valence-electron chi connectivity index (χ1n) is 5.78. The van der Waals surface area contributed by atoms with E-state index in [1.807, 2.05) is 18.2 Å². The minimum Gasteiger partial charge on any atom is -0.497 e. The van der Waals surface area contributed by atoms with E-state index in [0.29, 0.717) is 22.6 Å². The number of methoxy groups -OCH3 is 2. The highest BCUT2D eigenvalue weighted by Crippen LogP contribution is 2.29. The predicted molar refractivity (Wildman–Crippen MR) is 89.8 cm³/mol. The van der Waals surface area contributed by atoms with Crippen LogP contribution in [-0.4, -0.2) is 20.0 Å². The van der Waals surface area contributed by atoms with Gasteiger partial charge in [0.15, 0.2) is 5.78 Å². The van der Waals surface area contributed by atoms with E-state index < -0.39 is 0 Å². The highest BCUT2D eigenvalue weighted by molar-refractivity contribution is 14.1. The van der Waals surface area contributed by atoms with Crippen molar-refractivity contribution in [3.63, 3.8) is 0 Å². The predicted octanol–water partition coefficient (Wildman–Crippen LogP) is 4.30. The average Bonchev–Trinajstić information content (AvgIpc) is 2.48. The van der Waals surface area contributed by atoms with Crippen molar-refractivity contribution in [1.82, 2.24) is 0 Å². The molecule has 3 nitrogen and oxygen atoms in total. The molecule has 0 heterocycles. The Bertz CT molecular complexity index is 656. The van der Waals surface area contributed by atoms with Gasteiger partial charge in [-0.2, -0.15) is 0 Å². The summed E-state index contributed by atoms with van der Waals surface area (Å²) >= 11 is 5.54. The van der Waals surface area contributed by atoms with Gasteiger partial charge < -0.3 is 9.47 Å². The largest absolute Gasteiger partial charge is 0.497 e. The molecule has 0 saturated carbocycles. The summed E-state index contributed by atoms with van der Waals surface area (Å²) in [6.07, 6.45) is 0. The highest BCUT2D eigenvalue weighted by atomic mass is 127. The maximum Gasteiger partial charge on any atom is 0.197 e. The minimum absolute atomic E-state index is 0.0739. The number of halogens is 2. The normalized spacial score (nSPS) is 10.2. The number of hydrogen-bond donors (Lipinski definition) is 0. The summed E-state index contributed by atoms with van der Waals surface area (Å²) in [5.41, 5.74) is 1.16. The number of ether oxygens (including phenoxy) is 2.